The van der Waals surface area contributed by atoms with E-state index in [9.17, 15) is 0 Å². The van der Waals surface area contributed by atoms with Crippen molar-refractivity contribution in [1.82, 2.24) is 9.97 Å². The lowest BCUT2D eigenvalue weighted by atomic mass is 10.1. The van der Waals surface area contributed by atoms with Gasteiger partial charge in [-0.1, -0.05) is 24.3 Å². The zero-order chi connectivity index (χ0) is 16.4. The third kappa shape index (κ3) is 2.98. The molecule has 7 N–H and O–H groups in total. The first-order valence-electron chi connectivity index (χ1n) is 7.03. The van der Waals surface area contributed by atoms with E-state index in [0.29, 0.717) is 5.69 Å². The molecule has 7 heteroatoms. The van der Waals surface area contributed by atoms with Crippen LogP contribution >= 0.6 is 0 Å². The van der Waals surface area contributed by atoms with Gasteiger partial charge in [0.25, 0.3) is 0 Å². The van der Waals surface area contributed by atoms with Gasteiger partial charge in [-0.15, -0.1) is 0 Å². The van der Waals surface area contributed by atoms with E-state index in [2.05, 4.69) is 20.0 Å². The summed E-state index contributed by atoms with van der Waals surface area (Å²) in [5, 5.41) is 0. The molecule has 0 aliphatic rings. The summed E-state index contributed by atoms with van der Waals surface area (Å²) in [6.07, 6.45) is 0. The number of aromatic nitrogens is 2. The van der Waals surface area contributed by atoms with Gasteiger partial charge in [-0.3, -0.25) is 0 Å². The molecule has 0 spiro atoms. The van der Waals surface area contributed by atoms with E-state index in [-0.39, 0.29) is 11.9 Å². The molecule has 116 valence electrons. The van der Waals surface area contributed by atoms with Gasteiger partial charge in [0.2, 0.25) is 5.96 Å². The van der Waals surface area contributed by atoms with Crippen LogP contribution in [0.5, 0.6) is 0 Å². The summed E-state index contributed by atoms with van der Waals surface area (Å²) in [4.78, 5) is 15.9. The summed E-state index contributed by atoms with van der Waals surface area (Å²) >= 11 is 0. The molecule has 2 aromatic carbocycles. The number of nitrogens with two attached hydrogens (primary N) is 3. The van der Waals surface area contributed by atoms with E-state index in [1.54, 1.807) is 0 Å². The van der Waals surface area contributed by atoms with E-state index in [4.69, 9.17) is 17.2 Å². The van der Waals surface area contributed by atoms with Crippen molar-refractivity contribution < 1.29 is 0 Å². The van der Waals surface area contributed by atoms with Crippen molar-refractivity contribution in [3.63, 3.8) is 0 Å². The molecule has 1 heterocycles. The van der Waals surface area contributed by atoms with Crippen molar-refractivity contribution in [2.75, 3.05) is 0 Å². The minimum Gasteiger partial charge on any atom is -0.370 e. The number of imidazole rings is 1. The highest BCUT2D eigenvalue weighted by Gasteiger charge is 2.10. The van der Waals surface area contributed by atoms with Crippen LogP contribution in [0.1, 0.15) is 5.56 Å². The maximum Gasteiger partial charge on any atom is 0.223 e. The van der Waals surface area contributed by atoms with Crippen LogP contribution in [0.3, 0.4) is 0 Å². The Morgan fingerprint density at radius 1 is 1.04 bits per heavy atom. The van der Waals surface area contributed by atoms with Gasteiger partial charge >= 0.3 is 0 Å². The van der Waals surface area contributed by atoms with Crippen LogP contribution in [-0.2, 0) is 0 Å². The average Bonchev–Trinajstić information content (AvgIpc) is 2.92. The van der Waals surface area contributed by atoms with Crippen molar-refractivity contribution in [2.24, 2.45) is 27.2 Å². The molecule has 0 aliphatic carbocycles. The minimum absolute atomic E-state index is 0.00913. The minimum atomic E-state index is -0.127. The summed E-state index contributed by atoms with van der Waals surface area (Å²) in [5.74, 6) is 0.661. The Balaban J connectivity index is 2.07. The predicted molar refractivity (Wildman–Crippen MR) is 93.4 cm³/mol. The van der Waals surface area contributed by atoms with Gasteiger partial charge in [-0.25, -0.2) is 9.98 Å². The van der Waals surface area contributed by atoms with Gasteiger partial charge in [0, 0.05) is 5.56 Å². The quantitative estimate of drug-likeness (QED) is 0.424. The first-order chi connectivity index (χ1) is 11.0. The van der Waals surface area contributed by atoms with E-state index in [0.717, 1.165) is 28.0 Å². The van der Waals surface area contributed by atoms with Crippen LogP contribution in [0.25, 0.3) is 22.4 Å². The number of benzene rings is 2. The number of aromatic amines is 1. The highest BCUT2D eigenvalue weighted by molar-refractivity contribution is 5.94. The molecule has 0 bridgehead atoms. The fraction of sp³-hybridized carbons (Fsp3) is 0.0625. The van der Waals surface area contributed by atoms with Crippen LogP contribution in [0.15, 0.2) is 52.4 Å². The van der Waals surface area contributed by atoms with Crippen molar-refractivity contribution in [3.05, 3.63) is 48.0 Å². The van der Waals surface area contributed by atoms with Crippen LogP contribution in [-0.4, -0.2) is 21.9 Å². The van der Waals surface area contributed by atoms with E-state index in [1.807, 2.05) is 49.4 Å². The van der Waals surface area contributed by atoms with Crippen LogP contribution in [0.2, 0.25) is 0 Å². The number of rotatable bonds is 2. The first-order valence-corrected chi connectivity index (χ1v) is 7.03. The second kappa shape index (κ2) is 5.80. The zero-order valence-electron chi connectivity index (χ0n) is 12.6. The van der Waals surface area contributed by atoms with Crippen molar-refractivity contribution in [2.45, 2.75) is 6.92 Å². The third-order valence-corrected chi connectivity index (χ3v) is 3.43. The maximum absolute atomic E-state index is 5.70. The summed E-state index contributed by atoms with van der Waals surface area (Å²) in [5.41, 5.74) is 20.8. The number of H-pyrrole nitrogens is 1. The number of nitrogens with zero attached hydrogens (tertiary/aromatic N) is 3. The molecule has 1 aromatic heterocycles. The van der Waals surface area contributed by atoms with Gasteiger partial charge in [-0.2, -0.15) is 4.99 Å². The number of hydrogen-bond acceptors (Lipinski definition) is 2. The molecule has 0 atom stereocenters. The number of fused-ring (bicyclic) bond motifs is 1. The number of nitrogens with one attached hydrogen (secondary N) is 1. The van der Waals surface area contributed by atoms with Gasteiger partial charge < -0.3 is 22.2 Å². The standard InChI is InChI=1S/C16H17N7/c1-9-10(14-20-12-6-2-3-7-13(12)21-14)5-4-8-11(9)22-16(19)23-15(17)18/h2-8H,1H3,(H,20,21)(H6,17,18,19,22,23). The van der Waals surface area contributed by atoms with Gasteiger partial charge in [-0.05, 0) is 30.7 Å². The summed E-state index contributed by atoms with van der Waals surface area (Å²) < 4.78 is 0. The Morgan fingerprint density at radius 3 is 2.57 bits per heavy atom. The molecule has 0 radical (unpaired) electrons. The van der Waals surface area contributed by atoms with Gasteiger partial charge in [0.05, 0.1) is 16.7 Å². The van der Waals surface area contributed by atoms with Crippen molar-refractivity contribution >= 4 is 28.6 Å². The molecule has 0 saturated carbocycles. The number of aliphatic imine (C=N–C) groups is 2. The second-order valence-electron chi connectivity index (χ2n) is 5.06. The lowest BCUT2D eigenvalue weighted by Crippen LogP contribution is -2.26. The van der Waals surface area contributed by atoms with Crippen molar-refractivity contribution in [1.29, 1.82) is 0 Å². The molecule has 0 amide bonds. The smallest absolute Gasteiger partial charge is 0.223 e. The Morgan fingerprint density at radius 2 is 1.83 bits per heavy atom. The molecule has 7 nitrogen and oxygen atoms in total. The molecule has 0 fully saturated rings. The summed E-state index contributed by atoms with van der Waals surface area (Å²) in [7, 11) is 0. The fourth-order valence-electron chi connectivity index (χ4n) is 2.36. The Hall–Kier alpha value is -3.35. The first kappa shape index (κ1) is 14.6. The third-order valence-electron chi connectivity index (χ3n) is 3.43. The van der Waals surface area contributed by atoms with E-state index in [1.165, 1.54) is 0 Å². The number of para-hydroxylation sites is 2. The molecule has 23 heavy (non-hydrogen) atoms. The van der Waals surface area contributed by atoms with Gasteiger partial charge in [0.15, 0.2) is 5.96 Å². The molecule has 0 saturated heterocycles. The lowest BCUT2D eigenvalue weighted by molar-refractivity contribution is 1.29. The summed E-state index contributed by atoms with van der Waals surface area (Å²) in [6.45, 7) is 1.95. The van der Waals surface area contributed by atoms with Gasteiger partial charge in [0.1, 0.15) is 5.82 Å². The zero-order valence-corrected chi connectivity index (χ0v) is 12.6. The Labute approximate surface area is 133 Å². The average molecular weight is 307 g/mol. The predicted octanol–water partition coefficient (Wildman–Crippen LogP) is 1.76. The lowest BCUT2D eigenvalue weighted by Gasteiger charge is -2.06. The van der Waals surface area contributed by atoms with E-state index >= 15 is 0 Å². The van der Waals surface area contributed by atoms with Crippen LogP contribution < -0.4 is 17.2 Å². The molecule has 3 aromatic rings. The van der Waals surface area contributed by atoms with Crippen LogP contribution in [0, 0.1) is 6.92 Å². The topological polar surface area (TPSA) is 131 Å². The fourth-order valence-corrected chi connectivity index (χ4v) is 2.36. The number of guanidine groups is 2. The Kier molecular flexibility index (Phi) is 3.68. The monoisotopic (exact) mass is 307 g/mol. The maximum atomic E-state index is 5.70. The molecular weight excluding hydrogens is 290 g/mol. The molecular formula is C16H17N7. The Bertz CT molecular complexity index is 884. The SMILES string of the molecule is Cc1c(N=C(N)N=C(N)N)cccc1-c1nc2ccccc2[nH]1. The molecule has 0 unspecified atom stereocenters. The van der Waals surface area contributed by atoms with Crippen LogP contribution in [0.4, 0.5) is 5.69 Å². The highest BCUT2D eigenvalue weighted by atomic mass is 15.1. The highest BCUT2D eigenvalue weighted by Crippen LogP contribution is 2.29. The molecule has 3 rings (SSSR count). The number of hydrogen-bond donors (Lipinski definition) is 4. The largest absolute Gasteiger partial charge is 0.370 e. The normalized spacial score (nSPS) is 11.6. The molecule has 0 aliphatic heterocycles. The second-order valence-corrected chi connectivity index (χ2v) is 5.06. The summed E-state index contributed by atoms with van der Waals surface area (Å²) in [6, 6.07) is 13.6. The van der Waals surface area contributed by atoms with Crippen molar-refractivity contribution in [3.8, 4) is 11.4 Å². The van der Waals surface area contributed by atoms with E-state index < -0.39 is 0 Å².